The van der Waals surface area contributed by atoms with E-state index in [2.05, 4.69) is 0 Å². The van der Waals surface area contributed by atoms with Crippen molar-refractivity contribution in [1.29, 1.82) is 0 Å². The highest BCUT2D eigenvalue weighted by Gasteiger charge is 2.34. The van der Waals surface area contributed by atoms with Gasteiger partial charge in [0, 0.05) is 29.6 Å². The number of rotatable bonds is 4. The molecule has 0 bridgehead atoms. The minimum Gasteiger partial charge on any atom is -0.294 e. The summed E-state index contributed by atoms with van der Waals surface area (Å²) in [6, 6.07) is 8.96. The molecule has 0 spiro atoms. The van der Waals surface area contributed by atoms with Crippen LogP contribution in [0, 0.1) is 17.6 Å². The molecular formula is C18H16ClF2NO3S. The predicted octanol–water partition coefficient (Wildman–Crippen LogP) is 3.90. The van der Waals surface area contributed by atoms with Gasteiger partial charge in [-0.2, -0.15) is 4.31 Å². The lowest BCUT2D eigenvalue weighted by molar-refractivity contribution is 0.0872. The summed E-state index contributed by atoms with van der Waals surface area (Å²) >= 11 is 5.91. The van der Waals surface area contributed by atoms with Crippen LogP contribution in [0.3, 0.4) is 0 Å². The molecule has 1 atom stereocenters. The van der Waals surface area contributed by atoms with Crippen LogP contribution < -0.4 is 0 Å². The molecule has 1 aliphatic heterocycles. The number of benzene rings is 2. The van der Waals surface area contributed by atoms with E-state index in [-0.39, 0.29) is 23.8 Å². The molecular weight excluding hydrogens is 384 g/mol. The Labute approximate surface area is 155 Å². The van der Waals surface area contributed by atoms with Gasteiger partial charge >= 0.3 is 0 Å². The zero-order valence-corrected chi connectivity index (χ0v) is 15.2. The number of ketones is 1. The SMILES string of the molecule is O=C(c1cccc(Cl)c1)[C@H]1CCCN(S(=O)(=O)c2ccc(F)c(F)c2)C1. The molecule has 0 amide bonds. The summed E-state index contributed by atoms with van der Waals surface area (Å²) in [6.45, 7) is 0.216. The van der Waals surface area contributed by atoms with Crippen LogP contribution in [0.4, 0.5) is 8.78 Å². The van der Waals surface area contributed by atoms with Gasteiger partial charge in [-0.3, -0.25) is 4.79 Å². The highest BCUT2D eigenvalue weighted by Crippen LogP contribution is 2.27. The molecule has 0 aliphatic carbocycles. The lowest BCUT2D eigenvalue weighted by Gasteiger charge is -2.31. The lowest BCUT2D eigenvalue weighted by Crippen LogP contribution is -2.42. The first-order valence-corrected chi connectivity index (χ1v) is 9.86. The fourth-order valence-corrected chi connectivity index (χ4v) is 4.77. The molecule has 138 valence electrons. The van der Waals surface area contributed by atoms with Gasteiger partial charge in [0.2, 0.25) is 10.0 Å². The molecule has 1 saturated heterocycles. The first-order chi connectivity index (χ1) is 12.3. The van der Waals surface area contributed by atoms with Gasteiger partial charge in [-0.05, 0) is 43.2 Å². The van der Waals surface area contributed by atoms with E-state index in [1.54, 1.807) is 24.3 Å². The van der Waals surface area contributed by atoms with E-state index in [1.165, 1.54) is 0 Å². The number of halogens is 3. The second-order valence-corrected chi connectivity index (χ2v) is 8.53. The number of carbonyl (C=O) groups is 1. The summed E-state index contributed by atoms with van der Waals surface area (Å²) in [5.41, 5.74) is 0.426. The van der Waals surface area contributed by atoms with Crippen molar-refractivity contribution in [3.05, 3.63) is 64.7 Å². The largest absolute Gasteiger partial charge is 0.294 e. The number of Topliss-reactive ketones (excluding diaryl/α,β-unsaturated/α-hetero) is 1. The van der Waals surface area contributed by atoms with Crippen LogP contribution in [-0.2, 0) is 10.0 Å². The molecule has 0 saturated carbocycles. The molecule has 4 nitrogen and oxygen atoms in total. The van der Waals surface area contributed by atoms with E-state index in [4.69, 9.17) is 11.6 Å². The third-order valence-electron chi connectivity index (χ3n) is 4.39. The monoisotopic (exact) mass is 399 g/mol. The Bertz CT molecular complexity index is 949. The molecule has 0 unspecified atom stereocenters. The molecule has 2 aromatic carbocycles. The van der Waals surface area contributed by atoms with Crippen molar-refractivity contribution in [2.24, 2.45) is 5.92 Å². The Kier molecular flexibility index (Phi) is 5.41. The van der Waals surface area contributed by atoms with Crippen molar-refractivity contribution < 1.29 is 22.0 Å². The third kappa shape index (κ3) is 3.79. The second-order valence-electron chi connectivity index (χ2n) is 6.15. The first kappa shape index (κ1) is 18.9. The van der Waals surface area contributed by atoms with Gasteiger partial charge in [0.1, 0.15) is 0 Å². The van der Waals surface area contributed by atoms with Crippen molar-refractivity contribution in [3.8, 4) is 0 Å². The Morgan fingerprint density at radius 3 is 2.58 bits per heavy atom. The molecule has 1 aliphatic rings. The summed E-state index contributed by atoms with van der Waals surface area (Å²) in [6.07, 6.45) is 1.05. The maximum atomic E-state index is 13.4. The van der Waals surface area contributed by atoms with Gasteiger partial charge < -0.3 is 0 Å². The van der Waals surface area contributed by atoms with Crippen LogP contribution >= 0.6 is 11.6 Å². The Balaban J connectivity index is 1.83. The zero-order chi connectivity index (χ0) is 18.9. The first-order valence-electron chi connectivity index (χ1n) is 8.04. The molecule has 26 heavy (non-hydrogen) atoms. The van der Waals surface area contributed by atoms with Crippen LogP contribution in [0.25, 0.3) is 0 Å². The van der Waals surface area contributed by atoms with Crippen LogP contribution in [-0.4, -0.2) is 31.6 Å². The average Bonchev–Trinajstić information content (AvgIpc) is 2.63. The summed E-state index contributed by atoms with van der Waals surface area (Å²) < 4.78 is 53.1. The van der Waals surface area contributed by atoms with E-state index >= 15 is 0 Å². The number of piperidine rings is 1. The minimum absolute atomic E-state index is 0.00727. The topological polar surface area (TPSA) is 54.5 Å². The Hall–Kier alpha value is -1.83. The van der Waals surface area contributed by atoms with E-state index in [0.29, 0.717) is 29.5 Å². The van der Waals surface area contributed by atoms with E-state index in [1.807, 2.05) is 0 Å². The van der Waals surface area contributed by atoms with Crippen LogP contribution in [0.5, 0.6) is 0 Å². The van der Waals surface area contributed by atoms with E-state index in [0.717, 1.165) is 16.4 Å². The molecule has 0 N–H and O–H groups in total. The smallest absolute Gasteiger partial charge is 0.243 e. The van der Waals surface area contributed by atoms with Crippen molar-refractivity contribution in [1.82, 2.24) is 4.31 Å². The maximum Gasteiger partial charge on any atom is 0.243 e. The number of hydrogen-bond donors (Lipinski definition) is 0. The fraction of sp³-hybridized carbons (Fsp3) is 0.278. The van der Waals surface area contributed by atoms with Crippen molar-refractivity contribution in [3.63, 3.8) is 0 Å². The van der Waals surface area contributed by atoms with Gasteiger partial charge in [-0.15, -0.1) is 0 Å². The summed E-state index contributed by atoms with van der Waals surface area (Å²) in [5, 5.41) is 0.429. The molecule has 0 radical (unpaired) electrons. The molecule has 8 heteroatoms. The lowest BCUT2D eigenvalue weighted by atomic mass is 9.91. The van der Waals surface area contributed by atoms with Crippen molar-refractivity contribution in [2.75, 3.05) is 13.1 Å². The average molecular weight is 400 g/mol. The minimum atomic E-state index is -4.01. The predicted molar refractivity (Wildman–Crippen MR) is 93.6 cm³/mol. The van der Waals surface area contributed by atoms with Gasteiger partial charge in [0.15, 0.2) is 17.4 Å². The van der Waals surface area contributed by atoms with Gasteiger partial charge in [-0.25, -0.2) is 17.2 Å². The molecule has 0 aromatic heterocycles. The summed E-state index contributed by atoms with van der Waals surface area (Å²) in [4.78, 5) is 12.3. The number of nitrogens with zero attached hydrogens (tertiary/aromatic N) is 1. The summed E-state index contributed by atoms with van der Waals surface area (Å²) in [5.74, 6) is -3.04. The second kappa shape index (κ2) is 7.42. The van der Waals surface area contributed by atoms with Gasteiger partial charge in [0.25, 0.3) is 0 Å². The molecule has 1 heterocycles. The van der Waals surface area contributed by atoms with E-state index in [9.17, 15) is 22.0 Å². The molecule has 2 aromatic rings. The van der Waals surface area contributed by atoms with Crippen LogP contribution in [0.15, 0.2) is 47.4 Å². The third-order valence-corrected chi connectivity index (χ3v) is 6.49. The molecule has 1 fully saturated rings. The van der Waals surface area contributed by atoms with Crippen LogP contribution in [0.2, 0.25) is 5.02 Å². The normalized spacial score (nSPS) is 18.7. The molecule has 3 rings (SSSR count). The van der Waals surface area contributed by atoms with E-state index < -0.39 is 27.6 Å². The zero-order valence-electron chi connectivity index (χ0n) is 13.7. The standard InChI is InChI=1S/C18H16ClF2NO3S/c19-14-5-1-3-12(9-14)18(23)13-4-2-8-22(11-13)26(24,25)15-6-7-16(20)17(21)10-15/h1,3,5-7,9-10,13H,2,4,8,11H2/t13-/m0/s1. The van der Waals surface area contributed by atoms with Crippen molar-refractivity contribution in [2.45, 2.75) is 17.7 Å². The van der Waals surface area contributed by atoms with Crippen LogP contribution in [0.1, 0.15) is 23.2 Å². The Morgan fingerprint density at radius 2 is 1.88 bits per heavy atom. The quantitative estimate of drug-likeness (QED) is 0.732. The Morgan fingerprint density at radius 1 is 1.12 bits per heavy atom. The highest BCUT2D eigenvalue weighted by molar-refractivity contribution is 7.89. The maximum absolute atomic E-state index is 13.4. The highest BCUT2D eigenvalue weighted by atomic mass is 35.5. The number of hydrogen-bond acceptors (Lipinski definition) is 3. The number of carbonyl (C=O) groups excluding carboxylic acids is 1. The fourth-order valence-electron chi connectivity index (χ4n) is 3.04. The summed E-state index contributed by atoms with van der Waals surface area (Å²) in [7, 11) is -4.01. The number of sulfonamides is 1. The van der Waals surface area contributed by atoms with Crippen molar-refractivity contribution >= 4 is 27.4 Å². The van der Waals surface area contributed by atoms with Gasteiger partial charge in [0.05, 0.1) is 4.90 Å². The van der Waals surface area contributed by atoms with Gasteiger partial charge in [-0.1, -0.05) is 23.7 Å².